The molecule has 0 amide bonds. The Morgan fingerprint density at radius 2 is 1.69 bits per heavy atom. The maximum absolute atomic E-state index is 11.8. The summed E-state index contributed by atoms with van der Waals surface area (Å²) >= 11 is 0. The Morgan fingerprint density at radius 3 is 2.49 bits per heavy atom. The molecule has 12 N–H and O–H groups in total. The first-order valence-corrected chi connectivity index (χ1v) is 33.6. The molecule has 6 fully saturated rings. The van der Waals surface area contributed by atoms with E-state index < -0.39 is 12.2 Å². The fourth-order valence-electron chi connectivity index (χ4n) is 17.0. The van der Waals surface area contributed by atoms with Crippen LogP contribution in [0.25, 0.3) is 0 Å². The van der Waals surface area contributed by atoms with Crippen LogP contribution in [-0.4, -0.2) is 99.9 Å². The van der Waals surface area contributed by atoms with Crippen molar-refractivity contribution in [2.24, 2.45) is 69.2 Å². The van der Waals surface area contributed by atoms with Gasteiger partial charge in [0.05, 0.1) is 18.8 Å². The molecule has 78 heavy (non-hydrogen) atoms. The van der Waals surface area contributed by atoms with E-state index in [2.05, 4.69) is 33.9 Å². The van der Waals surface area contributed by atoms with Crippen molar-refractivity contribution in [3.63, 3.8) is 0 Å². The van der Waals surface area contributed by atoms with Gasteiger partial charge < -0.3 is 62.0 Å². The van der Waals surface area contributed by atoms with Gasteiger partial charge in [-0.05, 0) is 192 Å². The van der Waals surface area contributed by atoms with E-state index in [0.717, 1.165) is 72.1 Å². The van der Waals surface area contributed by atoms with Gasteiger partial charge >= 0.3 is 0 Å². The minimum Gasteiger partial charge on any atom is -0.504 e. The predicted octanol–water partition coefficient (Wildman–Crippen LogP) is 10.2. The summed E-state index contributed by atoms with van der Waals surface area (Å²) in [6.07, 6.45) is 25.2. The number of nitrogens with zero attached hydrogens (tertiary/aromatic N) is 1. The number of hydrogen-bond donors (Lipinski definition) is 10. The molecule has 10 rings (SSSR count). The maximum atomic E-state index is 11.8. The molecule has 6 aliphatic carbocycles. The smallest absolute Gasteiger partial charge is 0.189 e. The molecular weight excluding hydrogens is 1010 g/mol. The second-order valence-electron chi connectivity index (χ2n) is 26.1. The molecule has 1 aliphatic heterocycles. The van der Waals surface area contributed by atoms with Crippen LogP contribution in [0.4, 0.5) is 0 Å². The monoisotopic (exact) mass is 1110 g/mol. The topological polar surface area (TPSA) is 220 Å². The van der Waals surface area contributed by atoms with Gasteiger partial charge in [-0.2, -0.15) is 0 Å². The first-order chi connectivity index (χ1) is 37.9. The lowest BCUT2D eigenvalue weighted by molar-refractivity contribution is 0.0716. The number of nitrogens with one attached hydrogen (secondary N) is 4. The van der Waals surface area contributed by atoms with E-state index in [0.29, 0.717) is 84.5 Å². The van der Waals surface area contributed by atoms with Crippen molar-refractivity contribution >= 4 is 27.5 Å². The number of rotatable bonds is 19. The lowest BCUT2D eigenvalue weighted by Gasteiger charge is -2.46. The highest BCUT2D eigenvalue weighted by atomic mass is 33.1. The summed E-state index contributed by atoms with van der Waals surface area (Å²) in [6, 6.07) is 10.8. The molecule has 14 unspecified atom stereocenters. The second kappa shape index (κ2) is 27.0. The zero-order valence-corrected chi connectivity index (χ0v) is 49.2. The van der Waals surface area contributed by atoms with Crippen molar-refractivity contribution < 1.29 is 29.6 Å². The third-order valence-corrected chi connectivity index (χ3v) is 23.4. The number of furan rings is 1. The number of aromatic nitrogens is 1. The minimum absolute atomic E-state index is 0.00195. The first-order valence-electron chi connectivity index (χ1n) is 31.1. The minimum atomic E-state index is -0.913. The standard InChI is InChI=1S/C63H99N7O6S2/c1-38-14-20-46-42-26-40(16-21-47(46)50(52(64)29-42)36-77-78-37-56(38)70-62(65)68-44-10-5-4-6-11-44)18-23-59-43(34-71)28-45(76-59)19-15-41-17-22-57(73)60(27-41)75-35-58(74)53-30-49-54(69-53)31-63(24-7-8-25-63)51-13-9-12-48(51)61(49)55(33-66-3)67-32-39(2)72/h17,22,27-28,30,38-40,42,44,46-48,50-52,55-56,58,61,66-67,69,71-74H,4-16,18-21,23-26,29,31-37,64H2,1-3H3,(H3,65,68,70). The van der Waals surface area contributed by atoms with Crippen molar-refractivity contribution in [2.75, 3.05) is 38.2 Å². The van der Waals surface area contributed by atoms with E-state index in [1.54, 1.807) is 6.07 Å². The zero-order valence-electron chi connectivity index (χ0n) is 47.6. The van der Waals surface area contributed by atoms with Gasteiger partial charge in [0, 0.05) is 78.4 Å². The number of guanidine groups is 1. The fourth-order valence-corrected chi connectivity index (χ4v) is 19.8. The molecule has 13 nitrogen and oxygen atoms in total. The maximum Gasteiger partial charge on any atom is 0.189 e. The highest BCUT2D eigenvalue weighted by molar-refractivity contribution is 8.76. The number of aromatic amines is 1. The van der Waals surface area contributed by atoms with Crippen LogP contribution in [0.15, 0.2) is 39.7 Å². The number of aliphatic hydroxyl groups is 3. The molecule has 7 aliphatic rings. The number of aliphatic hydroxyl groups excluding tert-OH is 3. The summed E-state index contributed by atoms with van der Waals surface area (Å²) in [5, 5.41) is 54.5. The van der Waals surface area contributed by atoms with Crippen LogP contribution in [0.1, 0.15) is 187 Å². The Bertz CT molecular complexity index is 2400. The van der Waals surface area contributed by atoms with E-state index in [9.17, 15) is 20.4 Å². The molecule has 5 saturated carbocycles. The summed E-state index contributed by atoms with van der Waals surface area (Å²) in [5.74, 6) is 10.0. The molecule has 4 bridgehead atoms. The molecule has 1 saturated heterocycles. The second-order valence-corrected chi connectivity index (χ2v) is 28.6. The number of phenolic OH excluding ortho intramolecular Hbond substituents is 1. The van der Waals surface area contributed by atoms with Crippen molar-refractivity contribution in [1.82, 2.24) is 20.9 Å². The number of aromatic hydroxyl groups is 1. The third-order valence-electron chi connectivity index (χ3n) is 21.0. The molecule has 15 heteroatoms. The lowest BCUT2D eigenvalue weighted by atomic mass is 9.62. The zero-order chi connectivity index (χ0) is 54.3. The van der Waals surface area contributed by atoms with Crippen molar-refractivity contribution in [2.45, 2.75) is 210 Å². The Hall–Kier alpha value is -2.89. The number of nitrogens with two attached hydrogens (primary N) is 2. The number of aliphatic imine (C=N–C) groups is 1. The molecule has 14 atom stereocenters. The number of fused-ring (bicyclic) bond motifs is 3. The third kappa shape index (κ3) is 13.8. The molecular formula is C63H99N7O6S2. The van der Waals surface area contributed by atoms with E-state index >= 15 is 0 Å². The van der Waals surface area contributed by atoms with Gasteiger partial charge in [0.1, 0.15) is 24.2 Å². The fraction of sp³-hybridized carbons (Fsp3) is 0.762. The highest BCUT2D eigenvalue weighted by Gasteiger charge is 2.53. The van der Waals surface area contributed by atoms with Crippen LogP contribution in [0.3, 0.4) is 0 Å². The number of hydrogen-bond acceptors (Lipinski definition) is 12. The van der Waals surface area contributed by atoms with Gasteiger partial charge in [-0.15, -0.1) is 0 Å². The van der Waals surface area contributed by atoms with E-state index in [1.165, 1.54) is 120 Å². The van der Waals surface area contributed by atoms with Gasteiger partial charge in [0.15, 0.2) is 17.5 Å². The molecule has 0 radical (unpaired) electrons. The van der Waals surface area contributed by atoms with Gasteiger partial charge in [0.25, 0.3) is 0 Å². The summed E-state index contributed by atoms with van der Waals surface area (Å²) in [6.45, 7) is 5.54. The van der Waals surface area contributed by atoms with Crippen LogP contribution in [0.2, 0.25) is 0 Å². The number of phenols is 1. The number of benzene rings is 1. The lowest BCUT2D eigenvalue weighted by Crippen LogP contribution is -2.47. The molecule has 2 aromatic heterocycles. The highest BCUT2D eigenvalue weighted by Crippen LogP contribution is 2.61. The largest absolute Gasteiger partial charge is 0.504 e. The molecule has 1 spiro atoms. The van der Waals surface area contributed by atoms with Crippen LogP contribution in [0, 0.1) is 52.8 Å². The summed E-state index contributed by atoms with van der Waals surface area (Å²) in [4.78, 5) is 8.91. The molecule has 434 valence electrons. The van der Waals surface area contributed by atoms with E-state index in [1.807, 2.05) is 53.8 Å². The quantitative estimate of drug-likeness (QED) is 0.0307. The average molecular weight is 1110 g/mol. The van der Waals surface area contributed by atoms with Gasteiger partial charge in [-0.25, -0.2) is 4.99 Å². The summed E-state index contributed by atoms with van der Waals surface area (Å²) in [5.41, 5.74) is 19.2. The Kier molecular flexibility index (Phi) is 20.2. The number of likely N-dealkylation sites (N-methyl/N-ethyl adjacent to an activating group) is 1. The van der Waals surface area contributed by atoms with Crippen LogP contribution in [-0.2, 0) is 32.3 Å². The predicted molar refractivity (Wildman–Crippen MR) is 318 cm³/mol. The van der Waals surface area contributed by atoms with E-state index in [4.69, 9.17) is 25.6 Å². The van der Waals surface area contributed by atoms with E-state index in [-0.39, 0.29) is 48.4 Å². The SMILES string of the molecule is CNCC(NCC(C)O)C1c2cc(C(O)COc3cc(CCc4cc(CO)c(CCC5CCC6C7CSSCC(N=C(N)NC8CCCCC8)C(C)CCC6C(C5)CC7N)o4)ccc3O)[nH]c2CC2(CCCC2)C2CCCC12. The Morgan fingerprint density at radius 1 is 0.885 bits per heavy atom. The normalized spacial score (nSPS) is 31.8. The van der Waals surface area contributed by atoms with Crippen LogP contribution in [0.5, 0.6) is 11.5 Å². The first kappa shape index (κ1) is 58.3. The summed E-state index contributed by atoms with van der Waals surface area (Å²) in [7, 11) is 6.01. The van der Waals surface area contributed by atoms with Gasteiger partial charge in [-0.3, -0.25) is 0 Å². The van der Waals surface area contributed by atoms with Crippen molar-refractivity contribution in [3.8, 4) is 11.5 Å². The van der Waals surface area contributed by atoms with Crippen LogP contribution >= 0.6 is 21.6 Å². The molecule has 3 aromatic rings. The Balaban J connectivity index is 0.750. The molecule has 1 aromatic carbocycles. The van der Waals surface area contributed by atoms with Crippen molar-refractivity contribution in [1.29, 1.82) is 0 Å². The van der Waals surface area contributed by atoms with Gasteiger partial charge in [-0.1, -0.05) is 79.5 Å². The summed E-state index contributed by atoms with van der Waals surface area (Å²) < 4.78 is 12.8. The van der Waals surface area contributed by atoms with Gasteiger partial charge in [0.2, 0.25) is 0 Å². The number of H-pyrrole nitrogens is 1. The average Bonchev–Trinajstić information content (AvgIpc) is 4.45. The Labute approximate surface area is 475 Å². The molecule has 3 heterocycles. The number of aryl methyl sites for hydroxylation is 3. The number of ether oxygens (including phenoxy) is 1. The van der Waals surface area contributed by atoms with Crippen LogP contribution < -0.4 is 32.2 Å². The van der Waals surface area contributed by atoms with Crippen molar-refractivity contribution in [3.05, 3.63) is 69.9 Å².